The molecule has 168 valence electrons. The van der Waals surface area contributed by atoms with Crippen molar-refractivity contribution in [2.75, 3.05) is 0 Å². The van der Waals surface area contributed by atoms with Crippen LogP contribution in [-0.2, 0) is 6.11 Å². The molecule has 0 N–H and O–H groups in total. The van der Waals surface area contributed by atoms with E-state index in [9.17, 15) is 22.0 Å². The number of allylic oxidation sites excluding steroid dienone is 2. The number of rotatable bonds is 6. The van der Waals surface area contributed by atoms with Gasteiger partial charge in [-0.1, -0.05) is 24.3 Å². The van der Waals surface area contributed by atoms with Gasteiger partial charge in [0.15, 0.2) is 17.5 Å². The highest BCUT2D eigenvalue weighted by atomic mass is 32.1. The maximum absolute atomic E-state index is 14.6. The second-order valence-electron chi connectivity index (χ2n) is 7.84. The quantitative estimate of drug-likeness (QED) is 0.210. The fraction of sp³-hybridized carbons (Fsp3) is 0.292. The van der Waals surface area contributed by atoms with Crippen molar-refractivity contribution in [3.63, 3.8) is 0 Å². The van der Waals surface area contributed by atoms with Crippen LogP contribution in [0.5, 0.6) is 5.75 Å². The smallest absolute Gasteiger partial charge is 0.427 e. The average Bonchev–Trinajstić information content (AvgIpc) is 3.20. The zero-order valence-electron chi connectivity index (χ0n) is 17.0. The number of thiazole rings is 1. The van der Waals surface area contributed by atoms with Gasteiger partial charge in [-0.25, -0.2) is 18.2 Å². The van der Waals surface area contributed by atoms with Crippen molar-refractivity contribution in [2.24, 2.45) is 11.8 Å². The van der Waals surface area contributed by atoms with Gasteiger partial charge in [-0.05, 0) is 55.2 Å². The molecule has 0 unspecified atom stereocenters. The second kappa shape index (κ2) is 9.02. The van der Waals surface area contributed by atoms with Gasteiger partial charge in [0, 0.05) is 12.1 Å². The lowest BCUT2D eigenvalue weighted by molar-refractivity contribution is -0.185. The van der Waals surface area contributed by atoms with Crippen LogP contribution < -0.4 is 4.74 Å². The summed E-state index contributed by atoms with van der Waals surface area (Å²) >= 11 is 0.721. The molecule has 0 aliphatic heterocycles. The van der Waals surface area contributed by atoms with Crippen molar-refractivity contribution < 1.29 is 26.7 Å². The molecular weight excluding hydrogens is 445 g/mol. The van der Waals surface area contributed by atoms with Gasteiger partial charge in [0.25, 0.3) is 0 Å². The second-order valence-corrected chi connectivity index (χ2v) is 8.87. The molecule has 3 aromatic rings. The van der Waals surface area contributed by atoms with Gasteiger partial charge >= 0.3 is 6.11 Å². The molecule has 0 amide bonds. The Bertz CT molecular complexity index is 1140. The minimum Gasteiger partial charge on any atom is -0.427 e. The van der Waals surface area contributed by atoms with Crippen LogP contribution in [0.25, 0.3) is 16.3 Å². The van der Waals surface area contributed by atoms with Crippen molar-refractivity contribution in [3.8, 4) is 5.75 Å². The average molecular weight is 465 g/mol. The number of alkyl halides is 2. The van der Waals surface area contributed by atoms with E-state index in [4.69, 9.17) is 0 Å². The summed E-state index contributed by atoms with van der Waals surface area (Å²) < 4.78 is 73.8. The molecule has 0 saturated heterocycles. The van der Waals surface area contributed by atoms with Crippen LogP contribution in [0.15, 0.2) is 49.1 Å². The lowest BCUT2D eigenvalue weighted by atomic mass is 9.82. The van der Waals surface area contributed by atoms with E-state index in [1.807, 2.05) is 12.2 Å². The summed E-state index contributed by atoms with van der Waals surface area (Å²) in [5, 5.41) is -0.665. The predicted molar refractivity (Wildman–Crippen MR) is 115 cm³/mol. The molecule has 1 aliphatic carbocycles. The number of halogens is 5. The van der Waals surface area contributed by atoms with Crippen LogP contribution in [-0.4, -0.2) is 4.98 Å². The molecule has 2 aromatic carbocycles. The Morgan fingerprint density at radius 2 is 1.66 bits per heavy atom. The fourth-order valence-corrected chi connectivity index (χ4v) is 4.70. The molecule has 1 saturated carbocycles. The molecule has 1 aliphatic rings. The molecule has 0 bridgehead atoms. The molecule has 0 atom stereocenters. The van der Waals surface area contributed by atoms with Gasteiger partial charge in [-0.15, -0.1) is 17.9 Å². The Kier molecular flexibility index (Phi) is 6.33. The van der Waals surface area contributed by atoms with Crippen LogP contribution in [0.4, 0.5) is 22.0 Å². The fourth-order valence-electron chi connectivity index (χ4n) is 3.77. The third-order valence-electron chi connectivity index (χ3n) is 5.58. The maximum atomic E-state index is 14.6. The zero-order chi connectivity index (χ0) is 22.9. The minimum atomic E-state index is -3.94. The third kappa shape index (κ3) is 4.85. The standard InChI is InChI=1S/C24H20F5NOS/c1-2-14-3-5-15(6-4-14)7-8-16-9-10-20-21(11-16)32-23(30-20)24(28,29)31-17-12-18(25)22(27)19(26)13-17/h2,7-15H,1,3-6H2/b8-7+. The highest BCUT2D eigenvalue weighted by Gasteiger charge is 2.39. The van der Waals surface area contributed by atoms with Crippen LogP contribution in [0.2, 0.25) is 0 Å². The summed E-state index contributed by atoms with van der Waals surface area (Å²) in [6.45, 7) is 3.85. The molecule has 1 aromatic heterocycles. The Balaban J connectivity index is 1.51. The van der Waals surface area contributed by atoms with Gasteiger partial charge in [0.05, 0.1) is 10.2 Å². The summed E-state index contributed by atoms with van der Waals surface area (Å²) in [5.74, 6) is -4.76. The summed E-state index contributed by atoms with van der Waals surface area (Å²) in [5.41, 5.74) is 1.22. The van der Waals surface area contributed by atoms with E-state index in [0.717, 1.165) is 42.6 Å². The van der Waals surface area contributed by atoms with E-state index in [1.165, 1.54) is 0 Å². The van der Waals surface area contributed by atoms with Crippen molar-refractivity contribution in [3.05, 3.63) is 77.1 Å². The number of fused-ring (bicyclic) bond motifs is 1. The van der Waals surface area contributed by atoms with Crippen LogP contribution in [0.3, 0.4) is 0 Å². The lowest BCUT2D eigenvalue weighted by Gasteiger charge is -2.24. The number of benzene rings is 2. The van der Waals surface area contributed by atoms with Crippen molar-refractivity contribution in [2.45, 2.75) is 31.8 Å². The molecule has 4 rings (SSSR count). The van der Waals surface area contributed by atoms with Gasteiger partial charge in [0.1, 0.15) is 5.75 Å². The lowest BCUT2D eigenvalue weighted by Crippen LogP contribution is -2.21. The van der Waals surface area contributed by atoms with Crippen LogP contribution >= 0.6 is 11.3 Å². The van der Waals surface area contributed by atoms with Crippen molar-refractivity contribution >= 4 is 27.6 Å². The Labute approximate surface area is 186 Å². The maximum Gasteiger partial charge on any atom is 0.454 e. The molecular formula is C24H20F5NOS. The summed E-state index contributed by atoms with van der Waals surface area (Å²) in [4.78, 5) is 3.90. The van der Waals surface area contributed by atoms with Gasteiger partial charge < -0.3 is 4.74 Å². The first-order chi connectivity index (χ1) is 15.2. The number of hydrogen-bond acceptors (Lipinski definition) is 3. The van der Waals surface area contributed by atoms with Crippen molar-refractivity contribution in [1.29, 1.82) is 0 Å². The predicted octanol–water partition coefficient (Wildman–Crippen LogP) is 7.85. The number of nitrogens with zero attached hydrogens (tertiary/aromatic N) is 1. The topological polar surface area (TPSA) is 22.1 Å². The van der Waals surface area contributed by atoms with E-state index in [1.54, 1.807) is 18.2 Å². The monoisotopic (exact) mass is 465 g/mol. The highest BCUT2D eigenvalue weighted by Crippen LogP contribution is 2.37. The van der Waals surface area contributed by atoms with E-state index >= 15 is 0 Å². The Morgan fingerprint density at radius 1 is 1.00 bits per heavy atom. The number of aromatic nitrogens is 1. The first kappa shape index (κ1) is 22.5. The van der Waals surface area contributed by atoms with Gasteiger partial charge in [-0.2, -0.15) is 8.78 Å². The van der Waals surface area contributed by atoms with E-state index in [-0.39, 0.29) is 0 Å². The normalized spacial score (nSPS) is 19.5. The molecule has 0 radical (unpaired) electrons. The van der Waals surface area contributed by atoms with Crippen LogP contribution in [0, 0.1) is 29.3 Å². The summed E-state index contributed by atoms with van der Waals surface area (Å²) in [7, 11) is 0. The van der Waals surface area contributed by atoms with E-state index in [2.05, 4.69) is 22.4 Å². The van der Waals surface area contributed by atoms with Crippen molar-refractivity contribution in [1.82, 2.24) is 4.98 Å². The van der Waals surface area contributed by atoms with E-state index < -0.39 is 34.3 Å². The molecule has 1 heterocycles. The largest absolute Gasteiger partial charge is 0.454 e. The SMILES string of the molecule is C=CC1CCC(/C=C/c2ccc3nc(C(F)(F)Oc4cc(F)c(F)c(F)c4)sc3c2)CC1. The first-order valence-corrected chi connectivity index (χ1v) is 11.0. The number of hydrogen-bond donors (Lipinski definition) is 0. The first-order valence-electron chi connectivity index (χ1n) is 10.2. The molecule has 0 spiro atoms. The molecule has 1 fully saturated rings. The van der Waals surface area contributed by atoms with Gasteiger partial charge in [-0.3, -0.25) is 0 Å². The Morgan fingerprint density at radius 3 is 2.31 bits per heavy atom. The minimum absolute atomic E-state index is 0.355. The molecule has 32 heavy (non-hydrogen) atoms. The third-order valence-corrected chi connectivity index (χ3v) is 6.64. The van der Waals surface area contributed by atoms with Crippen LogP contribution in [0.1, 0.15) is 36.3 Å². The molecule has 2 nitrogen and oxygen atoms in total. The Hall–Kier alpha value is -2.74. The van der Waals surface area contributed by atoms with E-state index in [0.29, 0.717) is 34.2 Å². The molecule has 8 heteroatoms. The highest BCUT2D eigenvalue weighted by molar-refractivity contribution is 7.18. The summed E-state index contributed by atoms with van der Waals surface area (Å²) in [6.07, 6.45) is 6.62. The summed E-state index contributed by atoms with van der Waals surface area (Å²) in [6, 6.07) is 5.92. The zero-order valence-corrected chi connectivity index (χ0v) is 17.8. The number of ether oxygens (including phenoxy) is 1. The van der Waals surface area contributed by atoms with Gasteiger partial charge in [0.2, 0.25) is 5.01 Å².